The van der Waals surface area contributed by atoms with E-state index in [0.29, 0.717) is 6.04 Å². The van der Waals surface area contributed by atoms with E-state index in [4.69, 9.17) is 0 Å². The Morgan fingerprint density at radius 3 is 2.67 bits per heavy atom. The molecule has 1 rings (SSSR count). The van der Waals surface area contributed by atoms with E-state index in [0.717, 1.165) is 32.1 Å². The van der Waals surface area contributed by atoms with Crippen molar-refractivity contribution in [3.05, 3.63) is 12.4 Å². The third-order valence-electron chi connectivity index (χ3n) is 3.27. The van der Waals surface area contributed by atoms with E-state index < -0.39 is 0 Å². The maximum absolute atomic E-state index is 4.40. The summed E-state index contributed by atoms with van der Waals surface area (Å²) in [5, 5.41) is 3.51. The maximum atomic E-state index is 4.40. The van der Waals surface area contributed by atoms with Gasteiger partial charge in [0, 0.05) is 31.5 Å². The first-order valence-corrected chi connectivity index (χ1v) is 7.21. The first-order valence-electron chi connectivity index (χ1n) is 7.21. The Labute approximate surface area is 111 Å². The van der Waals surface area contributed by atoms with Gasteiger partial charge in [-0.25, -0.2) is 4.98 Å². The van der Waals surface area contributed by atoms with Gasteiger partial charge in [0.05, 0.1) is 0 Å². The molecule has 1 heterocycles. The van der Waals surface area contributed by atoms with Crippen molar-refractivity contribution in [1.82, 2.24) is 14.5 Å². The van der Waals surface area contributed by atoms with Crippen molar-refractivity contribution in [2.75, 3.05) is 25.0 Å². The number of unbranched alkanes of at least 4 members (excludes halogenated alkanes) is 1. The van der Waals surface area contributed by atoms with E-state index in [9.17, 15) is 0 Å². The smallest absolute Gasteiger partial charge is 0.203 e. The highest BCUT2D eigenvalue weighted by molar-refractivity contribution is 5.27. The van der Waals surface area contributed by atoms with Gasteiger partial charge >= 0.3 is 0 Å². The Bertz CT molecular complexity index is 317. The molecule has 0 aromatic carbocycles. The van der Waals surface area contributed by atoms with Crippen molar-refractivity contribution in [1.29, 1.82) is 0 Å². The highest BCUT2D eigenvalue weighted by Gasteiger charge is 2.09. The van der Waals surface area contributed by atoms with Crippen molar-refractivity contribution in [3.63, 3.8) is 0 Å². The minimum atomic E-state index is 0.424. The van der Waals surface area contributed by atoms with Crippen LogP contribution in [0, 0.1) is 0 Å². The summed E-state index contributed by atoms with van der Waals surface area (Å²) in [5.41, 5.74) is 0. The first-order chi connectivity index (χ1) is 8.71. The van der Waals surface area contributed by atoms with Crippen molar-refractivity contribution in [2.24, 2.45) is 0 Å². The van der Waals surface area contributed by atoms with Gasteiger partial charge in [-0.3, -0.25) is 0 Å². The molecule has 1 N–H and O–H groups in total. The largest absolute Gasteiger partial charge is 0.352 e. The quantitative estimate of drug-likeness (QED) is 0.733. The van der Waals surface area contributed by atoms with Gasteiger partial charge in [-0.15, -0.1) is 0 Å². The predicted octanol–water partition coefficient (Wildman–Crippen LogP) is 2.83. The fourth-order valence-corrected chi connectivity index (χ4v) is 2.09. The van der Waals surface area contributed by atoms with Crippen LogP contribution >= 0.6 is 0 Å². The Kier molecular flexibility index (Phi) is 6.80. The molecule has 0 bridgehead atoms. The molecule has 0 saturated carbocycles. The molecule has 18 heavy (non-hydrogen) atoms. The monoisotopic (exact) mass is 252 g/mol. The third kappa shape index (κ3) is 4.69. The van der Waals surface area contributed by atoms with Gasteiger partial charge in [-0.05, 0) is 26.4 Å². The van der Waals surface area contributed by atoms with Crippen molar-refractivity contribution in [2.45, 2.75) is 53.1 Å². The molecular formula is C14H28N4. The molecule has 1 unspecified atom stereocenters. The summed E-state index contributed by atoms with van der Waals surface area (Å²) >= 11 is 0. The highest BCUT2D eigenvalue weighted by atomic mass is 15.2. The molecule has 0 radical (unpaired) electrons. The van der Waals surface area contributed by atoms with E-state index in [1.165, 1.54) is 12.8 Å². The van der Waals surface area contributed by atoms with E-state index in [2.05, 4.69) is 53.7 Å². The molecule has 0 fully saturated rings. The third-order valence-corrected chi connectivity index (χ3v) is 3.27. The SMILES string of the molecule is CCCCn1ccnc1NC(C)CN(CC)CC. The predicted molar refractivity (Wildman–Crippen MR) is 78.0 cm³/mol. The summed E-state index contributed by atoms with van der Waals surface area (Å²) in [6.45, 7) is 13.2. The van der Waals surface area contributed by atoms with Gasteiger partial charge in [-0.2, -0.15) is 0 Å². The normalized spacial score (nSPS) is 12.9. The Hall–Kier alpha value is -1.03. The molecule has 1 atom stereocenters. The summed E-state index contributed by atoms with van der Waals surface area (Å²) < 4.78 is 2.21. The molecule has 0 aliphatic rings. The Morgan fingerprint density at radius 2 is 2.06 bits per heavy atom. The number of likely N-dealkylation sites (N-methyl/N-ethyl adjacent to an activating group) is 1. The zero-order valence-corrected chi connectivity index (χ0v) is 12.3. The van der Waals surface area contributed by atoms with Crippen LogP contribution in [0.3, 0.4) is 0 Å². The van der Waals surface area contributed by atoms with Crippen LogP contribution in [0.4, 0.5) is 5.95 Å². The lowest BCUT2D eigenvalue weighted by molar-refractivity contribution is 0.294. The number of hydrogen-bond donors (Lipinski definition) is 1. The van der Waals surface area contributed by atoms with Gasteiger partial charge in [0.25, 0.3) is 0 Å². The van der Waals surface area contributed by atoms with Gasteiger partial charge in [0.1, 0.15) is 0 Å². The van der Waals surface area contributed by atoms with Crippen LogP contribution in [-0.4, -0.2) is 40.1 Å². The highest BCUT2D eigenvalue weighted by Crippen LogP contribution is 2.08. The van der Waals surface area contributed by atoms with E-state index in [1.54, 1.807) is 0 Å². The second-order valence-electron chi connectivity index (χ2n) is 4.83. The van der Waals surface area contributed by atoms with Crippen LogP contribution in [0.1, 0.15) is 40.5 Å². The average Bonchev–Trinajstić information content (AvgIpc) is 2.80. The number of aryl methyl sites for hydroxylation is 1. The number of aromatic nitrogens is 2. The summed E-state index contributed by atoms with van der Waals surface area (Å²) in [4.78, 5) is 6.83. The lowest BCUT2D eigenvalue weighted by Crippen LogP contribution is -2.35. The fourth-order valence-electron chi connectivity index (χ4n) is 2.09. The van der Waals surface area contributed by atoms with Crippen LogP contribution in [-0.2, 0) is 6.54 Å². The lowest BCUT2D eigenvalue weighted by atomic mass is 10.3. The van der Waals surface area contributed by atoms with Crippen LogP contribution in [0.2, 0.25) is 0 Å². The fraction of sp³-hybridized carbons (Fsp3) is 0.786. The average molecular weight is 252 g/mol. The minimum absolute atomic E-state index is 0.424. The molecule has 0 saturated heterocycles. The molecule has 1 aromatic rings. The van der Waals surface area contributed by atoms with Gasteiger partial charge < -0.3 is 14.8 Å². The van der Waals surface area contributed by atoms with Gasteiger partial charge in [-0.1, -0.05) is 27.2 Å². The number of nitrogens with one attached hydrogen (secondary N) is 1. The number of anilines is 1. The number of hydrogen-bond acceptors (Lipinski definition) is 3. The summed E-state index contributed by atoms with van der Waals surface area (Å²) in [6.07, 6.45) is 6.35. The number of nitrogens with zero attached hydrogens (tertiary/aromatic N) is 3. The summed E-state index contributed by atoms with van der Waals surface area (Å²) in [6, 6.07) is 0.424. The van der Waals surface area contributed by atoms with Crippen LogP contribution in [0.25, 0.3) is 0 Å². The first kappa shape index (κ1) is 15.0. The zero-order valence-electron chi connectivity index (χ0n) is 12.3. The standard InChI is InChI=1S/C14H28N4/c1-5-8-10-18-11-9-15-14(18)16-13(4)12-17(6-2)7-3/h9,11,13H,5-8,10,12H2,1-4H3,(H,15,16). The molecule has 0 aliphatic carbocycles. The van der Waals surface area contributed by atoms with Crippen molar-refractivity contribution in [3.8, 4) is 0 Å². The van der Waals surface area contributed by atoms with Crippen LogP contribution in [0.15, 0.2) is 12.4 Å². The minimum Gasteiger partial charge on any atom is -0.352 e. The van der Waals surface area contributed by atoms with E-state index in [1.807, 2.05) is 6.20 Å². The van der Waals surface area contributed by atoms with E-state index >= 15 is 0 Å². The van der Waals surface area contributed by atoms with E-state index in [-0.39, 0.29) is 0 Å². The van der Waals surface area contributed by atoms with Crippen LogP contribution < -0.4 is 5.32 Å². The second kappa shape index (κ2) is 8.14. The summed E-state index contributed by atoms with van der Waals surface area (Å²) in [7, 11) is 0. The molecule has 0 aliphatic heterocycles. The lowest BCUT2D eigenvalue weighted by Gasteiger charge is -2.24. The second-order valence-corrected chi connectivity index (χ2v) is 4.83. The molecule has 1 aromatic heterocycles. The van der Waals surface area contributed by atoms with Gasteiger partial charge in [0.15, 0.2) is 0 Å². The molecule has 4 heteroatoms. The van der Waals surface area contributed by atoms with Crippen molar-refractivity contribution < 1.29 is 0 Å². The molecule has 0 amide bonds. The topological polar surface area (TPSA) is 33.1 Å². The molecule has 4 nitrogen and oxygen atoms in total. The Balaban J connectivity index is 2.48. The molecule has 104 valence electrons. The van der Waals surface area contributed by atoms with Crippen LogP contribution in [0.5, 0.6) is 0 Å². The van der Waals surface area contributed by atoms with Gasteiger partial charge in [0.2, 0.25) is 5.95 Å². The zero-order chi connectivity index (χ0) is 13.4. The maximum Gasteiger partial charge on any atom is 0.203 e. The number of rotatable bonds is 9. The number of imidazole rings is 1. The molecule has 0 spiro atoms. The summed E-state index contributed by atoms with van der Waals surface area (Å²) in [5.74, 6) is 1.00. The van der Waals surface area contributed by atoms with Crippen molar-refractivity contribution >= 4 is 5.95 Å². The Morgan fingerprint density at radius 1 is 1.33 bits per heavy atom. The molecular weight excluding hydrogens is 224 g/mol.